The summed E-state index contributed by atoms with van der Waals surface area (Å²) < 4.78 is 40.5. The van der Waals surface area contributed by atoms with Gasteiger partial charge >= 0.3 is 6.18 Å². The Labute approximate surface area is 182 Å². The summed E-state index contributed by atoms with van der Waals surface area (Å²) in [6, 6.07) is -1.31. The number of aliphatic imine (C=N–C) groups is 1. The number of nitrogens with zero attached hydrogens (tertiary/aromatic N) is 6. The minimum absolute atomic E-state index is 0. The van der Waals surface area contributed by atoms with E-state index in [4.69, 9.17) is 0 Å². The molecular formula is C17H31F3IN7. The van der Waals surface area contributed by atoms with Gasteiger partial charge in [-0.05, 0) is 21.0 Å². The number of nitrogens with one attached hydrogen (secondary N) is 1. The zero-order valence-electron chi connectivity index (χ0n) is 17.1. The summed E-state index contributed by atoms with van der Waals surface area (Å²) in [7, 11) is 7.57. The van der Waals surface area contributed by atoms with Crippen LogP contribution in [0.4, 0.5) is 13.2 Å². The molecule has 0 saturated carbocycles. The Bertz CT molecular complexity index is 625. The molecule has 1 aliphatic heterocycles. The molecule has 1 fully saturated rings. The first-order valence-electron chi connectivity index (χ1n) is 9.04. The van der Waals surface area contributed by atoms with Gasteiger partial charge in [0.1, 0.15) is 6.04 Å². The van der Waals surface area contributed by atoms with E-state index in [1.807, 2.05) is 38.4 Å². The van der Waals surface area contributed by atoms with Crippen LogP contribution in [0.1, 0.15) is 18.5 Å². The highest BCUT2D eigenvalue weighted by Crippen LogP contribution is 2.25. The van der Waals surface area contributed by atoms with Gasteiger partial charge in [0.2, 0.25) is 0 Å². The molecule has 1 N–H and O–H groups in total. The number of aromatic nitrogens is 2. The van der Waals surface area contributed by atoms with Crippen molar-refractivity contribution in [1.29, 1.82) is 0 Å². The average Bonchev–Trinajstić information content (AvgIpc) is 3.03. The van der Waals surface area contributed by atoms with Gasteiger partial charge in [0.15, 0.2) is 5.96 Å². The second-order valence-corrected chi connectivity index (χ2v) is 7.10. The largest absolute Gasteiger partial charge is 0.403 e. The number of alkyl halides is 3. The summed E-state index contributed by atoms with van der Waals surface area (Å²) in [5.74, 6) is 0.713. The molecule has 7 nitrogen and oxygen atoms in total. The van der Waals surface area contributed by atoms with Crippen molar-refractivity contribution in [3.8, 4) is 0 Å². The smallest absolute Gasteiger partial charge is 0.354 e. The minimum Gasteiger partial charge on any atom is -0.354 e. The molecule has 1 aliphatic rings. The first kappa shape index (κ1) is 25.0. The van der Waals surface area contributed by atoms with Crippen LogP contribution in [-0.2, 0) is 7.05 Å². The molecule has 11 heteroatoms. The Balaban J connectivity index is 0.00000392. The van der Waals surface area contributed by atoms with Crippen LogP contribution in [0.2, 0.25) is 0 Å². The van der Waals surface area contributed by atoms with Crippen LogP contribution >= 0.6 is 24.0 Å². The SMILES string of the molecule is CN=C(NCC(c1cnn(C)c1)N(C)C)N1CCN(C(C)C(F)(F)F)CC1.I. The number of aryl methyl sites for hydroxylation is 1. The predicted octanol–water partition coefficient (Wildman–Crippen LogP) is 1.78. The third-order valence-electron chi connectivity index (χ3n) is 5.03. The summed E-state index contributed by atoms with van der Waals surface area (Å²) in [5.41, 5.74) is 1.09. The molecule has 0 bridgehead atoms. The molecule has 0 amide bonds. The fourth-order valence-electron chi connectivity index (χ4n) is 3.26. The fourth-order valence-corrected chi connectivity index (χ4v) is 3.26. The van der Waals surface area contributed by atoms with Gasteiger partial charge in [0, 0.05) is 58.6 Å². The van der Waals surface area contributed by atoms with E-state index in [0.29, 0.717) is 38.7 Å². The van der Waals surface area contributed by atoms with Crippen LogP contribution in [0.5, 0.6) is 0 Å². The Morgan fingerprint density at radius 2 is 1.89 bits per heavy atom. The molecular weight excluding hydrogens is 486 g/mol. The van der Waals surface area contributed by atoms with E-state index < -0.39 is 12.2 Å². The maximum absolute atomic E-state index is 12.9. The number of hydrogen-bond acceptors (Lipinski definition) is 4. The van der Waals surface area contributed by atoms with Gasteiger partial charge in [0.25, 0.3) is 0 Å². The van der Waals surface area contributed by atoms with Crippen molar-refractivity contribution in [1.82, 2.24) is 29.8 Å². The number of halogens is 4. The molecule has 0 spiro atoms. The van der Waals surface area contributed by atoms with Crippen molar-refractivity contribution in [2.24, 2.45) is 12.0 Å². The number of rotatable bonds is 5. The van der Waals surface area contributed by atoms with Crippen LogP contribution in [0, 0.1) is 0 Å². The van der Waals surface area contributed by atoms with Crippen molar-refractivity contribution >= 4 is 29.9 Å². The quantitative estimate of drug-likeness (QED) is 0.367. The molecule has 1 saturated heterocycles. The zero-order valence-corrected chi connectivity index (χ0v) is 19.4. The molecule has 0 aromatic carbocycles. The lowest BCUT2D eigenvalue weighted by Gasteiger charge is -2.40. The van der Waals surface area contributed by atoms with Gasteiger partial charge < -0.3 is 15.1 Å². The molecule has 2 rings (SSSR count). The van der Waals surface area contributed by atoms with Gasteiger partial charge in [-0.25, -0.2) is 0 Å². The van der Waals surface area contributed by atoms with Gasteiger partial charge in [-0.3, -0.25) is 14.6 Å². The van der Waals surface area contributed by atoms with E-state index in [1.54, 1.807) is 11.7 Å². The van der Waals surface area contributed by atoms with Crippen molar-refractivity contribution in [2.75, 3.05) is 53.9 Å². The highest BCUT2D eigenvalue weighted by molar-refractivity contribution is 14.0. The van der Waals surface area contributed by atoms with Crippen LogP contribution in [-0.4, -0.2) is 96.5 Å². The third-order valence-corrected chi connectivity index (χ3v) is 5.03. The lowest BCUT2D eigenvalue weighted by Crippen LogP contribution is -2.57. The van der Waals surface area contributed by atoms with Crippen LogP contribution in [0.15, 0.2) is 17.4 Å². The summed E-state index contributed by atoms with van der Waals surface area (Å²) in [5, 5.41) is 7.58. The zero-order chi connectivity index (χ0) is 20.2. The Hall–Kier alpha value is -1.08. The van der Waals surface area contributed by atoms with Crippen molar-refractivity contribution in [3.05, 3.63) is 18.0 Å². The monoisotopic (exact) mass is 517 g/mol. The maximum Gasteiger partial charge on any atom is 0.403 e. The Morgan fingerprint density at radius 1 is 1.29 bits per heavy atom. The molecule has 1 aromatic rings. The van der Waals surface area contributed by atoms with Gasteiger partial charge in [0.05, 0.1) is 12.2 Å². The van der Waals surface area contributed by atoms with E-state index in [9.17, 15) is 13.2 Å². The summed E-state index contributed by atoms with van der Waals surface area (Å²) >= 11 is 0. The maximum atomic E-state index is 12.9. The fraction of sp³-hybridized carbons (Fsp3) is 0.765. The van der Waals surface area contributed by atoms with Crippen LogP contribution < -0.4 is 5.32 Å². The lowest BCUT2D eigenvalue weighted by atomic mass is 10.1. The Kier molecular flexibility index (Phi) is 9.47. The normalized spacial score (nSPS) is 18.8. The first-order valence-corrected chi connectivity index (χ1v) is 9.04. The third kappa shape index (κ3) is 6.48. The molecule has 162 valence electrons. The summed E-state index contributed by atoms with van der Waals surface area (Å²) in [6.45, 7) is 3.60. The minimum atomic E-state index is -4.19. The van der Waals surface area contributed by atoms with Gasteiger partial charge in [-0.2, -0.15) is 18.3 Å². The number of guanidine groups is 1. The topological polar surface area (TPSA) is 51.9 Å². The highest BCUT2D eigenvalue weighted by Gasteiger charge is 2.41. The van der Waals surface area contributed by atoms with E-state index in [2.05, 4.69) is 20.3 Å². The Morgan fingerprint density at radius 3 is 2.32 bits per heavy atom. The standard InChI is InChI=1S/C17H30F3N7.HI/c1-13(17(18,19)20)26-6-8-27(9-7-26)16(21-2)22-11-15(24(3)4)14-10-23-25(5)12-14;/h10,12-13,15H,6-9,11H2,1-5H3,(H,21,22);1H. The number of piperazine rings is 1. The predicted molar refractivity (Wildman–Crippen MR) is 115 cm³/mol. The first-order chi connectivity index (χ1) is 12.6. The number of hydrogen-bond donors (Lipinski definition) is 1. The molecule has 0 radical (unpaired) electrons. The van der Waals surface area contributed by atoms with Crippen LogP contribution in [0.3, 0.4) is 0 Å². The van der Waals surface area contributed by atoms with E-state index >= 15 is 0 Å². The van der Waals surface area contributed by atoms with E-state index in [0.717, 1.165) is 5.56 Å². The second-order valence-electron chi connectivity index (χ2n) is 7.10. The average molecular weight is 517 g/mol. The van der Waals surface area contributed by atoms with Crippen LogP contribution in [0.25, 0.3) is 0 Å². The van der Waals surface area contributed by atoms with Gasteiger partial charge in [-0.15, -0.1) is 24.0 Å². The molecule has 2 heterocycles. The van der Waals surface area contributed by atoms with E-state index in [1.165, 1.54) is 11.8 Å². The van der Waals surface area contributed by atoms with Crippen molar-refractivity contribution < 1.29 is 13.2 Å². The second kappa shape index (κ2) is 10.6. The van der Waals surface area contributed by atoms with Crippen molar-refractivity contribution in [3.63, 3.8) is 0 Å². The summed E-state index contributed by atoms with van der Waals surface area (Å²) in [4.78, 5) is 9.89. The molecule has 1 aromatic heterocycles. The molecule has 2 atom stereocenters. The summed E-state index contributed by atoms with van der Waals surface area (Å²) in [6.07, 6.45) is -0.371. The lowest BCUT2D eigenvalue weighted by molar-refractivity contribution is -0.181. The molecule has 28 heavy (non-hydrogen) atoms. The molecule has 2 unspecified atom stereocenters. The molecule has 0 aliphatic carbocycles. The highest BCUT2D eigenvalue weighted by atomic mass is 127. The van der Waals surface area contributed by atoms with E-state index in [-0.39, 0.29) is 30.0 Å². The number of likely N-dealkylation sites (N-methyl/N-ethyl adjacent to an activating group) is 1. The van der Waals surface area contributed by atoms with Crippen molar-refractivity contribution in [2.45, 2.75) is 25.2 Å². The van der Waals surface area contributed by atoms with Gasteiger partial charge in [-0.1, -0.05) is 0 Å².